The van der Waals surface area contributed by atoms with Crippen molar-refractivity contribution in [3.63, 3.8) is 0 Å². The zero-order chi connectivity index (χ0) is 16.3. The summed E-state index contributed by atoms with van der Waals surface area (Å²) in [5, 5.41) is 3.07. The Balaban J connectivity index is 2.17. The van der Waals surface area contributed by atoms with E-state index in [1.165, 1.54) is 6.92 Å². The molecule has 0 saturated carbocycles. The van der Waals surface area contributed by atoms with Gasteiger partial charge >= 0.3 is 0 Å². The lowest BCUT2D eigenvalue weighted by Gasteiger charge is -2.10. The normalized spacial score (nSPS) is 10.4. The van der Waals surface area contributed by atoms with Crippen molar-refractivity contribution in [3.8, 4) is 5.75 Å². The van der Waals surface area contributed by atoms with Gasteiger partial charge in [0.15, 0.2) is 11.6 Å². The van der Waals surface area contributed by atoms with Crippen molar-refractivity contribution >= 4 is 17.3 Å². The van der Waals surface area contributed by atoms with Crippen molar-refractivity contribution in [1.82, 2.24) is 4.98 Å². The highest BCUT2D eigenvalue weighted by atomic mass is 16.5. The number of benzene rings is 1. The van der Waals surface area contributed by atoms with E-state index in [1.807, 2.05) is 24.3 Å². The SMILES string of the molecule is COc1ccccc1NCC(=O)c1[nH]c(C)c(C(C)=O)c1C. The minimum atomic E-state index is -0.0981. The molecule has 5 heteroatoms. The van der Waals surface area contributed by atoms with Crippen molar-refractivity contribution in [3.05, 3.63) is 46.8 Å². The van der Waals surface area contributed by atoms with E-state index in [1.54, 1.807) is 21.0 Å². The zero-order valence-corrected chi connectivity index (χ0v) is 13.2. The van der Waals surface area contributed by atoms with Crippen LogP contribution in [-0.2, 0) is 0 Å². The molecule has 0 saturated heterocycles. The lowest BCUT2D eigenvalue weighted by atomic mass is 10.1. The molecule has 0 aliphatic heterocycles. The number of carbonyl (C=O) groups excluding carboxylic acids is 2. The zero-order valence-electron chi connectivity index (χ0n) is 13.2. The Bertz CT molecular complexity index is 717. The number of anilines is 1. The van der Waals surface area contributed by atoms with Crippen LogP contribution in [-0.4, -0.2) is 30.2 Å². The van der Waals surface area contributed by atoms with Crippen molar-refractivity contribution in [2.75, 3.05) is 19.0 Å². The molecular formula is C17H20N2O3. The highest BCUT2D eigenvalue weighted by Gasteiger charge is 2.19. The maximum absolute atomic E-state index is 12.4. The van der Waals surface area contributed by atoms with E-state index in [0.29, 0.717) is 22.6 Å². The molecule has 0 amide bonds. The second-order valence-electron chi connectivity index (χ2n) is 5.16. The Morgan fingerprint density at radius 2 is 1.91 bits per heavy atom. The van der Waals surface area contributed by atoms with Crippen molar-refractivity contribution in [1.29, 1.82) is 0 Å². The van der Waals surface area contributed by atoms with Crippen molar-refractivity contribution in [2.24, 2.45) is 0 Å². The van der Waals surface area contributed by atoms with Crippen LogP contribution in [0.25, 0.3) is 0 Å². The monoisotopic (exact) mass is 300 g/mol. The van der Waals surface area contributed by atoms with Crippen LogP contribution >= 0.6 is 0 Å². The van der Waals surface area contributed by atoms with E-state index in [4.69, 9.17) is 4.74 Å². The highest BCUT2D eigenvalue weighted by Crippen LogP contribution is 2.23. The number of nitrogens with one attached hydrogen (secondary N) is 2. The second-order valence-corrected chi connectivity index (χ2v) is 5.16. The highest BCUT2D eigenvalue weighted by molar-refractivity contribution is 6.04. The van der Waals surface area contributed by atoms with Crippen LogP contribution in [0.5, 0.6) is 5.75 Å². The number of carbonyl (C=O) groups is 2. The molecule has 0 aliphatic carbocycles. The molecule has 0 bridgehead atoms. The first-order valence-corrected chi connectivity index (χ1v) is 7.06. The number of para-hydroxylation sites is 2. The first-order valence-electron chi connectivity index (χ1n) is 7.06. The fourth-order valence-corrected chi connectivity index (χ4v) is 2.61. The molecule has 2 rings (SSSR count). The summed E-state index contributed by atoms with van der Waals surface area (Å²) < 4.78 is 5.24. The molecule has 0 aliphatic rings. The molecule has 0 atom stereocenters. The van der Waals surface area contributed by atoms with E-state index >= 15 is 0 Å². The van der Waals surface area contributed by atoms with Crippen molar-refractivity contribution < 1.29 is 14.3 Å². The van der Waals surface area contributed by atoms with Gasteiger partial charge in [0.2, 0.25) is 0 Å². The van der Waals surface area contributed by atoms with Gasteiger partial charge in [0.25, 0.3) is 0 Å². The number of aryl methyl sites for hydroxylation is 1. The van der Waals surface area contributed by atoms with Gasteiger partial charge in [-0.15, -0.1) is 0 Å². The predicted octanol–water partition coefficient (Wildman–Crippen LogP) is 3.14. The molecule has 116 valence electrons. The predicted molar refractivity (Wildman–Crippen MR) is 86.1 cm³/mol. The van der Waals surface area contributed by atoms with Gasteiger partial charge in [-0.2, -0.15) is 0 Å². The summed E-state index contributed by atoms with van der Waals surface area (Å²) in [6.45, 7) is 5.22. The third kappa shape index (κ3) is 3.03. The quantitative estimate of drug-likeness (QED) is 0.804. The fraction of sp³-hybridized carbons (Fsp3) is 0.294. The van der Waals surface area contributed by atoms with E-state index in [-0.39, 0.29) is 18.1 Å². The minimum Gasteiger partial charge on any atom is -0.495 e. The number of rotatable bonds is 6. The Morgan fingerprint density at radius 3 is 2.50 bits per heavy atom. The lowest BCUT2D eigenvalue weighted by molar-refractivity contribution is 0.1000. The Morgan fingerprint density at radius 1 is 1.23 bits per heavy atom. The number of aromatic nitrogens is 1. The van der Waals surface area contributed by atoms with Crippen LogP contribution in [0.15, 0.2) is 24.3 Å². The van der Waals surface area contributed by atoms with Gasteiger partial charge in [0, 0.05) is 11.3 Å². The van der Waals surface area contributed by atoms with Gasteiger partial charge in [-0.1, -0.05) is 12.1 Å². The first-order chi connectivity index (χ1) is 10.5. The largest absolute Gasteiger partial charge is 0.495 e. The van der Waals surface area contributed by atoms with E-state index in [0.717, 1.165) is 11.4 Å². The average molecular weight is 300 g/mol. The Labute approximate surface area is 129 Å². The molecule has 0 radical (unpaired) electrons. The van der Waals surface area contributed by atoms with E-state index < -0.39 is 0 Å². The molecule has 2 N–H and O–H groups in total. The molecule has 1 aromatic heterocycles. The number of hydrogen-bond acceptors (Lipinski definition) is 4. The third-order valence-corrected chi connectivity index (χ3v) is 3.61. The molecule has 5 nitrogen and oxygen atoms in total. The standard InChI is InChI=1S/C17H20N2O3/c1-10-16(12(3)20)11(2)19-17(10)14(21)9-18-13-7-5-6-8-15(13)22-4/h5-8,18-19H,9H2,1-4H3. The van der Waals surface area contributed by atoms with Crippen LogP contribution in [0.4, 0.5) is 5.69 Å². The summed E-state index contributed by atoms with van der Waals surface area (Å²) in [6.07, 6.45) is 0. The van der Waals surface area contributed by atoms with Gasteiger partial charge in [0.05, 0.1) is 25.0 Å². The number of Topliss-reactive ketones (excluding diaryl/α,β-unsaturated/α-hetero) is 2. The van der Waals surface area contributed by atoms with Gasteiger partial charge in [0.1, 0.15) is 5.75 Å². The van der Waals surface area contributed by atoms with E-state index in [2.05, 4.69) is 10.3 Å². The Kier molecular flexibility index (Phi) is 4.65. The number of hydrogen-bond donors (Lipinski definition) is 2. The van der Waals surface area contributed by atoms with Gasteiger partial charge in [-0.05, 0) is 38.5 Å². The Hall–Kier alpha value is -2.56. The second kappa shape index (κ2) is 6.47. The first kappa shape index (κ1) is 15.8. The molecular weight excluding hydrogens is 280 g/mol. The summed E-state index contributed by atoms with van der Waals surface area (Å²) in [6, 6.07) is 7.40. The summed E-state index contributed by atoms with van der Waals surface area (Å²) in [7, 11) is 1.58. The molecule has 0 fully saturated rings. The summed E-state index contributed by atoms with van der Waals surface area (Å²) in [4.78, 5) is 27.0. The number of methoxy groups -OCH3 is 1. The van der Waals surface area contributed by atoms with Gasteiger partial charge < -0.3 is 15.0 Å². The van der Waals surface area contributed by atoms with Gasteiger partial charge in [-0.25, -0.2) is 0 Å². The molecule has 22 heavy (non-hydrogen) atoms. The number of ether oxygens (including phenoxy) is 1. The van der Waals surface area contributed by atoms with Crippen LogP contribution < -0.4 is 10.1 Å². The van der Waals surface area contributed by atoms with Crippen molar-refractivity contribution in [2.45, 2.75) is 20.8 Å². The maximum Gasteiger partial charge on any atom is 0.198 e. The summed E-state index contributed by atoms with van der Waals surface area (Å²) in [5.41, 5.74) is 3.26. The lowest BCUT2D eigenvalue weighted by Crippen LogP contribution is -2.16. The molecule has 1 heterocycles. The minimum absolute atomic E-state index is 0.0389. The van der Waals surface area contributed by atoms with Gasteiger partial charge in [-0.3, -0.25) is 9.59 Å². The molecule has 2 aromatic rings. The number of aromatic amines is 1. The fourth-order valence-electron chi connectivity index (χ4n) is 2.61. The van der Waals surface area contributed by atoms with E-state index in [9.17, 15) is 9.59 Å². The summed E-state index contributed by atoms with van der Waals surface area (Å²) in [5.74, 6) is 0.543. The molecule has 0 spiro atoms. The summed E-state index contributed by atoms with van der Waals surface area (Å²) >= 11 is 0. The van der Waals surface area contributed by atoms with Crippen LogP contribution in [0.1, 0.15) is 39.0 Å². The number of ketones is 2. The maximum atomic E-state index is 12.4. The molecule has 1 aromatic carbocycles. The van der Waals surface area contributed by atoms with Crippen LogP contribution in [0, 0.1) is 13.8 Å². The van der Waals surface area contributed by atoms with Crippen LogP contribution in [0.2, 0.25) is 0 Å². The average Bonchev–Trinajstić information content (AvgIpc) is 2.80. The molecule has 0 unspecified atom stereocenters. The van der Waals surface area contributed by atoms with Crippen LogP contribution in [0.3, 0.4) is 0 Å². The topological polar surface area (TPSA) is 71.2 Å². The smallest absolute Gasteiger partial charge is 0.198 e. The number of H-pyrrole nitrogens is 1. The third-order valence-electron chi connectivity index (χ3n) is 3.61.